The minimum absolute atomic E-state index is 0.0148. The molecule has 1 nitrogen and oxygen atoms in total. The number of benzene rings is 2. The van der Waals surface area contributed by atoms with Crippen LogP contribution in [0.5, 0.6) is 0 Å². The molecule has 2 aromatic rings. The van der Waals surface area contributed by atoms with Crippen LogP contribution in [0.4, 0.5) is 4.39 Å². The fourth-order valence-electron chi connectivity index (χ4n) is 1.93. The van der Waals surface area contributed by atoms with Gasteiger partial charge in [-0.1, -0.05) is 22.0 Å². The zero-order chi connectivity index (χ0) is 14.0. The lowest BCUT2D eigenvalue weighted by molar-refractivity contribution is 0.616. The fraction of sp³-hybridized carbons (Fsp3) is 0.143. The predicted octanol–water partition coefficient (Wildman–Crippen LogP) is 5.26. The molecular formula is C14H11Br2FIN. The summed E-state index contributed by atoms with van der Waals surface area (Å²) in [5.41, 5.74) is 2.14. The second-order valence-corrected chi connectivity index (χ2v) is 7.02. The highest BCUT2D eigenvalue weighted by Crippen LogP contribution is 2.31. The molecule has 2 rings (SSSR count). The van der Waals surface area contributed by atoms with E-state index < -0.39 is 0 Å². The molecule has 0 aromatic heterocycles. The van der Waals surface area contributed by atoms with Crippen LogP contribution in [0.2, 0.25) is 0 Å². The van der Waals surface area contributed by atoms with Gasteiger partial charge in [0.1, 0.15) is 5.82 Å². The molecule has 0 saturated heterocycles. The van der Waals surface area contributed by atoms with Crippen molar-refractivity contribution < 1.29 is 4.39 Å². The van der Waals surface area contributed by atoms with Gasteiger partial charge in [-0.15, -0.1) is 0 Å². The second kappa shape index (κ2) is 6.65. The monoisotopic (exact) mass is 497 g/mol. The summed E-state index contributed by atoms with van der Waals surface area (Å²) >= 11 is 9.09. The van der Waals surface area contributed by atoms with E-state index >= 15 is 0 Å². The Morgan fingerprint density at radius 2 is 1.84 bits per heavy atom. The van der Waals surface area contributed by atoms with E-state index in [1.165, 1.54) is 6.07 Å². The first kappa shape index (κ1) is 15.4. The van der Waals surface area contributed by atoms with Crippen molar-refractivity contribution in [3.8, 4) is 0 Å². The molecule has 0 fully saturated rings. The quantitative estimate of drug-likeness (QED) is 0.569. The summed E-state index contributed by atoms with van der Waals surface area (Å²) < 4.78 is 16.0. The Kier molecular flexibility index (Phi) is 5.39. The van der Waals surface area contributed by atoms with Crippen LogP contribution in [-0.2, 0) is 0 Å². The highest BCUT2D eigenvalue weighted by atomic mass is 127. The number of hydrogen-bond acceptors (Lipinski definition) is 1. The maximum Gasteiger partial charge on any atom is 0.137 e. The first-order valence-electron chi connectivity index (χ1n) is 5.60. The minimum atomic E-state index is -0.250. The summed E-state index contributed by atoms with van der Waals surface area (Å²) in [6.45, 7) is 0. The Morgan fingerprint density at radius 1 is 1.11 bits per heavy atom. The topological polar surface area (TPSA) is 12.0 Å². The minimum Gasteiger partial charge on any atom is -0.309 e. The van der Waals surface area contributed by atoms with Crippen molar-refractivity contribution in [1.29, 1.82) is 0 Å². The third-order valence-electron chi connectivity index (χ3n) is 2.83. The summed E-state index contributed by atoms with van der Waals surface area (Å²) in [7, 11) is 1.90. The molecule has 0 aliphatic carbocycles. The summed E-state index contributed by atoms with van der Waals surface area (Å²) in [6, 6.07) is 11.3. The van der Waals surface area contributed by atoms with Gasteiger partial charge in [0.2, 0.25) is 0 Å². The van der Waals surface area contributed by atoms with Gasteiger partial charge in [-0.3, -0.25) is 0 Å². The molecule has 1 N–H and O–H groups in total. The van der Waals surface area contributed by atoms with Gasteiger partial charge in [-0.25, -0.2) is 4.39 Å². The smallest absolute Gasteiger partial charge is 0.137 e. The van der Waals surface area contributed by atoms with Crippen LogP contribution < -0.4 is 5.32 Å². The second-order valence-electron chi connectivity index (χ2n) is 4.06. The normalized spacial score (nSPS) is 12.5. The maximum atomic E-state index is 13.3. The van der Waals surface area contributed by atoms with Gasteiger partial charge in [0.15, 0.2) is 0 Å². The Bertz CT molecular complexity index is 604. The Labute approximate surface area is 142 Å². The molecule has 1 unspecified atom stereocenters. The van der Waals surface area contributed by atoms with Crippen molar-refractivity contribution in [3.63, 3.8) is 0 Å². The Balaban J connectivity index is 2.49. The average Bonchev–Trinajstić information content (AvgIpc) is 2.38. The molecule has 5 heteroatoms. The highest BCUT2D eigenvalue weighted by Gasteiger charge is 2.16. The van der Waals surface area contributed by atoms with E-state index in [4.69, 9.17) is 0 Å². The van der Waals surface area contributed by atoms with Gasteiger partial charge >= 0.3 is 0 Å². The van der Waals surface area contributed by atoms with Crippen LogP contribution in [0.25, 0.3) is 0 Å². The molecule has 0 amide bonds. The summed E-state index contributed by atoms with van der Waals surface area (Å²) in [5, 5.41) is 3.27. The summed E-state index contributed by atoms with van der Waals surface area (Å²) in [6.07, 6.45) is 0. The fourth-order valence-corrected chi connectivity index (χ4v) is 3.32. The third-order valence-corrected chi connectivity index (χ3v) is 4.84. The van der Waals surface area contributed by atoms with Gasteiger partial charge in [0.05, 0.1) is 10.5 Å². The van der Waals surface area contributed by atoms with Gasteiger partial charge in [-0.2, -0.15) is 0 Å². The molecule has 19 heavy (non-hydrogen) atoms. The average molecular weight is 499 g/mol. The van der Waals surface area contributed by atoms with Crippen LogP contribution in [-0.4, -0.2) is 7.05 Å². The Hall–Kier alpha value is 0.0200. The predicted molar refractivity (Wildman–Crippen MR) is 91.9 cm³/mol. The van der Waals surface area contributed by atoms with Crippen molar-refractivity contribution in [1.82, 2.24) is 5.32 Å². The molecule has 0 aliphatic rings. The van der Waals surface area contributed by atoms with Gasteiger partial charge in [0.25, 0.3) is 0 Å². The SMILES string of the molecule is CNC(c1ccc(F)c(Br)c1)c1cc(I)ccc1Br. The van der Waals surface area contributed by atoms with Crippen LogP contribution in [0, 0.1) is 9.39 Å². The van der Waals surface area contributed by atoms with Crippen LogP contribution in [0.1, 0.15) is 17.2 Å². The third kappa shape index (κ3) is 3.56. The van der Waals surface area contributed by atoms with Gasteiger partial charge < -0.3 is 5.32 Å². The summed E-state index contributed by atoms with van der Waals surface area (Å²) in [4.78, 5) is 0. The van der Waals surface area contributed by atoms with E-state index in [0.29, 0.717) is 4.47 Å². The van der Waals surface area contributed by atoms with E-state index in [1.54, 1.807) is 6.07 Å². The molecule has 0 saturated carbocycles. The maximum absolute atomic E-state index is 13.3. The number of hydrogen-bond donors (Lipinski definition) is 1. The number of rotatable bonds is 3. The molecule has 100 valence electrons. The molecule has 2 aromatic carbocycles. The van der Waals surface area contributed by atoms with E-state index in [9.17, 15) is 4.39 Å². The van der Waals surface area contributed by atoms with Crippen LogP contribution in [0.15, 0.2) is 45.3 Å². The number of nitrogens with one attached hydrogen (secondary N) is 1. The molecule has 0 spiro atoms. The standard InChI is InChI=1S/C14H11Br2FIN/c1-19-14(8-2-5-13(17)12(16)6-8)10-7-9(18)3-4-11(10)15/h2-7,14,19H,1H3. The van der Waals surface area contributed by atoms with Crippen LogP contribution >= 0.6 is 54.5 Å². The van der Waals surface area contributed by atoms with Gasteiger partial charge in [-0.05, 0) is 87.0 Å². The van der Waals surface area contributed by atoms with Crippen molar-refractivity contribution in [2.24, 2.45) is 0 Å². The molecule has 0 bridgehead atoms. The van der Waals surface area contributed by atoms with Crippen molar-refractivity contribution >= 4 is 54.5 Å². The molecule has 0 radical (unpaired) electrons. The van der Waals surface area contributed by atoms with E-state index in [-0.39, 0.29) is 11.9 Å². The largest absolute Gasteiger partial charge is 0.309 e. The highest BCUT2D eigenvalue weighted by molar-refractivity contribution is 14.1. The zero-order valence-electron chi connectivity index (χ0n) is 10.1. The summed E-state index contributed by atoms with van der Waals surface area (Å²) in [5.74, 6) is -0.250. The van der Waals surface area contributed by atoms with E-state index in [0.717, 1.165) is 19.2 Å². The van der Waals surface area contributed by atoms with Crippen LogP contribution in [0.3, 0.4) is 0 Å². The van der Waals surface area contributed by atoms with E-state index in [1.807, 2.05) is 25.2 Å². The Morgan fingerprint density at radius 3 is 2.47 bits per heavy atom. The lowest BCUT2D eigenvalue weighted by Gasteiger charge is -2.19. The van der Waals surface area contributed by atoms with Crippen molar-refractivity contribution in [2.45, 2.75) is 6.04 Å². The van der Waals surface area contributed by atoms with Crippen molar-refractivity contribution in [2.75, 3.05) is 7.05 Å². The lowest BCUT2D eigenvalue weighted by atomic mass is 9.99. The molecule has 1 atom stereocenters. The first-order chi connectivity index (χ1) is 9.02. The van der Waals surface area contributed by atoms with Crippen molar-refractivity contribution in [3.05, 3.63) is 65.9 Å². The molecule has 0 heterocycles. The lowest BCUT2D eigenvalue weighted by Crippen LogP contribution is -2.18. The molecule has 0 aliphatic heterocycles. The van der Waals surface area contributed by atoms with Gasteiger partial charge in [0, 0.05) is 8.04 Å². The molecular weight excluding hydrogens is 488 g/mol. The van der Waals surface area contributed by atoms with E-state index in [2.05, 4.69) is 65.8 Å². The first-order valence-corrected chi connectivity index (χ1v) is 8.26. The zero-order valence-corrected chi connectivity index (χ0v) is 15.4. The number of halogens is 4.